The first kappa shape index (κ1) is 13.7. The molecule has 2 rings (SSSR count). The van der Waals surface area contributed by atoms with Gasteiger partial charge in [-0.3, -0.25) is 0 Å². The minimum Gasteiger partial charge on any atom is -0.392 e. The van der Waals surface area contributed by atoms with Crippen LogP contribution in [0.3, 0.4) is 0 Å². The standard InChI is InChI=1S/C9H16O.C5H10O/c1-7-5-4-6-9(2,3)8(7)10;1-2-3-5-4-6-5/h4-5,7-8,10H,6H2,1-3H3;5H,2-4H2,1H3. The van der Waals surface area contributed by atoms with Crippen LogP contribution >= 0.6 is 0 Å². The van der Waals surface area contributed by atoms with E-state index in [1.807, 2.05) is 0 Å². The number of hydrogen-bond donors (Lipinski definition) is 1. The average molecular weight is 226 g/mol. The summed E-state index contributed by atoms with van der Waals surface area (Å²) >= 11 is 0. The molecule has 0 radical (unpaired) electrons. The first-order chi connectivity index (χ1) is 7.47. The summed E-state index contributed by atoms with van der Waals surface area (Å²) in [6.45, 7) is 9.48. The maximum absolute atomic E-state index is 9.65. The molecule has 0 aromatic carbocycles. The molecule has 1 aliphatic carbocycles. The number of ether oxygens (including phenoxy) is 1. The molecular formula is C14H26O2. The van der Waals surface area contributed by atoms with Crippen LogP contribution in [0.1, 0.15) is 47.0 Å². The van der Waals surface area contributed by atoms with Gasteiger partial charge < -0.3 is 9.84 Å². The summed E-state index contributed by atoms with van der Waals surface area (Å²) in [5, 5.41) is 9.65. The zero-order chi connectivity index (χ0) is 12.2. The molecule has 1 fully saturated rings. The van der Waals surface area contributed by atoms with Crippen LogP contribution in [-0.4, -0.2) is 23.9 Å². The van der Waals surface area contributed by atoms with Gasteiger partial charge in [0, 0.05) is 5.92 Å². The highest BCUT2D eigenvalue weighted by atomic mass is 16.6. The van der Waals surface area contributed by atoms with Crippen LogP contribution < -0.4 is 0 Å². The third-order valence-corrected chi connectivity index (χ3v) is 3.40. The van der Waals surface area contributed by atoms with Crippen molar-refractivity contribution < 1.29 is 9.84 Å². The SMILES string of the molecule is CC1C=CCC(C)(C)C1O.CCCC1CO1. The Bertz CT molecular complexity index is 229. The Kier molecular flexibility index (Phi) is 5.00. The van der Waals surface area contributed by atoms with E-state index in [0.717, 1.165) is 13.0 Å². The van der Waals surface area contributed by atoms with E-state index in [9.17, 15) is 5.11 Å². The molecule has 0 saturated carbocycles. The summed E-state index contributed by atoms with van der Waals surface area (Å²) in [5.41, 5.74) is 0.0775. The van der Waals surface area contributed by atoms with Crippen molar-refractivity contribution in [2.45, 2.75) is 59.2 Å². The van der Waals surface area contributed by atoms with Crippen molar-refractivity contribution in [2.75, 3.05) is 6.61 Å². The van der Waals surface area contributed by atoms with E-state index in [2.05, 4.69) is 39.8 Å². The molecule has 2 heteroatoms. The molecule has 3 unspecified atom stereocenters. The largest absolute Gasteiger partial charge is 0.392 e. The normalized spacial score (nSPS) is 35.2. The summed E-state index contributed by atoms with van der Waals surface area (Å²) < 4.78 is 4.95. The fraction of sp³-hybridized carbons (Fsp3) is 0.857. The Hall–Kier alpha value is -0.340. The number of aliphatic hydroxyl groups is 1. The molecule has 1 saturated heterocycles. The van der Waals surface area contributed by atoms with Crippen LogP contribution in [0, 0.1) is 11.3 Å². The first-order valence-electron chi connectivity index (χ1n) is 6.43. The topological polar surface area (TPSA) is 32.8 Å². The van der Waals surface area contributed by atoms with E-state index < -0.39 is 0 Å². The Balaban J connectivity index is 0.000000181. The minimum absolute atomic E-state index is 0.0775. The third kappa shape index (κ3) is 4.26. The van der Waals surface area contributed by atoms with Crippen LogP contribution in [0.5, 0.6) is 0 Å². The van der Waals surface area contributed by atoms with Crippen molar-refractivity contribution in [2.24, 2.45) is 11.3 Å². The molecule has 0 spiro atoms. The quantitative estimate of drug-likeness (QED) is 0.579. The zero-order valence-electron chi connectivity index (χ0n) is 11.1. The lowest BCUT2D eigenvalue weighted by Crippen LogP contribution is -2.35. The fourth-order valence-electron chi connectivity index (χ4n) is 2.08. The van der Waals surface area contributed by atoms with E-state index in [1.54, 1.807) is 0 Å². The lowest BCUT2D eigenvalue weighted by Gasteiger charge is -2.35. The smallest absolute Gasteiger partial charge is 0.0809 e. The number of hydrogen-bond acceptors (Lipinski definition) is 2. The van der Waals surface area contributed by atoms with Gasteiger partial charge in [0.15, 0.2) is 0 Å². The van der Waals surface area contributed by atoms with Crippen LogP contribution in [0.4, 0.5) is 0 Å². The van der Waals surface area contributed by atoms with Gasteiger partial charge in [-0.15, -0.1) is 0 Å². The molecule has 3 atom stereocenters. The van der Waals surface area contributed by atoms with E-state index in [0.29, 0.717) is 12.0 Å². The molecule has 1 N–H and O–H groups in total. The molecule has 0 aromatic rings. The summed E-state index contributed by atoms with van der Waals surface area (Å²) in [5.74, 6) is 0.323. The lowest BCUT2D eigenvalue weighted by atomic mass is 9.74. The second-order valence-electron chi connectivity index (χ2n) is 5.67. The van der Waals surface area contributed by atoms with Crippen molar-refractivity contribution in [3.63, 3.8) is 0 Å². The van der Waals surface area contributed by atoms with Crippen molar-refractivity contribution >= 4 is 0 Å². The molecule has 0 aromatic heterocycles. The van der Waals surface area contributed by atoms with Crippen LogP contribution in [-0.2, 0) is 4.74 Å². The summed E-state index contributed by atoms with van der Waals surface area (Å²) in [6, 6.07) is 0. The van der Waals surface area contributed by atoms with Gasteiger partial charge in [-0.2, -0.15) is 0 Å². The highest BCUT2D eigenvalue weighted by molar-refractivity contribution is 5.02. The Morgan fingerprint density at radius 2 is 2.06 bits per heavy atom. The average Bonchev–Trinajstić information content (AvgIpc) is 3.00. The van der Waals surface area contributed by atoms with Crippen LogP contribution in [0.25, 0.3) is 0 Å². The number of allylic oxidation sites excluding steroid dienone is 1. The van der Waals surface area contributed by atoms with Gasteiger partial charge in [-0.25, -0.2) is 0 Å². The maximum Gasteiger partial charge on any atom is 0.0809 e. The van der Waals surface area contributed by atoms with Gasteiger partial charge in [0.2, 0.25) is 0 Å². The summed E-state index contributed by atoms with van der Waals surface area (Å²) in [4.78, 5) is 0. The Morgan fingerprint density at radius 3 is 2.38 bits per heavy atom. The second-order valence-corrected chi connectivity index (χ2v) is 5.67. The minimum atomic E-state index is -0.169. The molecule has 2 nitrogen and oxygen atoms in total. The highest BCUT2D eigenvalue weighted by Gasteiger charge is 2.32. The van der Waals surface area contributed by atoms with Crippen molar-refractivity contribution in [3.8, 4) is 0 Å². The Labute approximate surface area is 99.7 Å². The molecule has 1 aliphatic heterocycles. The molecule has 0 bridgehead atoms. The number of rotatable bonds is 2. The van der Waals surface area contributed by atoms with Gasteiger partial charge in [0.25, 0.3) is 0 Å². The van der Waals surface area contributed by atoms with Crippen molar-refractivity contribution in [1.82, 2.24) is 0 Å². The fourth-order valence-corrected chi connectivity index (χ4v) is 2.08. The second kappa shape index (κ2) is 5.83. The van der Waals surface area contributed by atoms with Gasteiger partial charge in [-0.1, -0.05) is 46.3 Å². The van der Waals surface area contributed by atoms with Crippen molar-refractivity contribution in [3.05, 3.63) is 12.2 Å². The highest BCUT2D eigenvalue weighted by Crippen LogP contribution is 2.34. The van der Waals surface area contributed by atoms with E-state index in [1.165, 1.54) is 12.8 Å². The monoisotopic (exact) mass is 226 g/mol. The van der Waals surface area contributed by atoms with Gasteiger partial charge in [-0.05, 0) is 18.3 Å². The van der Waals surface area contributed by atoms with E-state index >= 15 is 0 Å². The van der Waals surface area contributed by atoms with Gasteiger partial charge in [0.05, 0.1) is 18.8 Å². The van der Waals surface area contributed by atoms with Crippen LogP contribution in [0.2, 0.25) is 0 Å². The molecule has 0 amide bonds. The number of epoxide rings is 1. The summed E-state index contributed by atoms with van der Waals surface area (Å²) in [6.07, 6.45) is 8.27. The third-order valence-electron chi connectivity index (χ3n) is 3.40. The van der Waals surface area contributed by atoms with Gasteiger partial charge >= 0.3 is 0 Å². The molecule has 94 valence electrons. The molecule has 2 aliphatic rings. The lowest BCUT2D eigenvalue weighted by molar-refractivity contribution is 0.0171. The predicted molar refractivity (Wildman–Crippen MR) is 67.4 cm³/mol. The molecular weight excluding hydrogens is 200 g/mol. The zero-order valence-corrected chi connectivity index (χ0v) is 11.1. The summed E-state index contributed by atoms with van der Waals surface area (Å²) in [7, 11) is 0. The van der Waals surface area contributed by atoms with E-state index in [4.69, 9.17) is 4.74 Å². The van der Waals surface area contributed by atoms with Gasteiger partial charge in [0.1, 0.15) is 0 Å². The first-order valence-corrected chi connectivity index (χ1v) is 6.43. The molecule has 16 heavy (non-hydrogen) atoms. The van der Waals surface area contributed by atoms with E-state index in [-0.39, 0.29) is 11.5 Å². The maximum atomic E-state index is 9.65. The Morgan fingerprint density at radius 1 is 1.44 bits per heavy atom. The predicted octanol–water partition coefficient (Wildman–Crippen LogP) is 3.15. The van der Waals surface area contributed by atoms with Crippen LogP contribution in [0.15, 0.2) is 12.2 Å². The molecule has 1 heterocycles. The number of aliphatic hydroxyl groups excluding tert-OH is 1. The van der Waals surface area contributed by atoms with Crippen molar-refractivity contribution in [1.29, 1.82) is 0 Å².